The van der Waals surface area contributed by atoms with E-state index in [1.807, 2.05) is 19.2 Å². The van der Waals surface area contributed by atoms with Crippen LogP contribution in [0.5, 0.6) is 0 Å². The summed E-state index contributed by atoms with van der Waals surface area (Å²) in [5.74, 6) is 0. The number of thiazole rings is 1. The molecule has 104 valence electrons. The van der Waals surface area contributed by atoms with Crippen molar-refractivity contribution in [3.63, 3.8) is 0 Å². The number of alkyl halides is 3. The van der Waals surface area contributed by atoms with Crippen molar-refractivity contribution in [3.05, 3.63) is 16.1 Å². The first-order chi connectivity index (χ1) is 8.40. The summed E-state index contributed by atoms with van der Waals surface area (Å²) in [6.07, 6.45) is -3.51. The van der Waals surface area contributed by atoms with Crippen molar-refractivity contribution in [2.75, 3.05) is 13.2 Å². The van der Waals surface area contributed by atoms with Gasteiger partial charge in [0.05, 0.1) is 12.3 Å². The lowest BCUT2D eigenvalue weighted by Gasteiger charge is -2.09. The molecule has 0 aliphatic rings. The minimum Gasteiger partial charge on any atom is -0.365 e. The van der Waals surface area contributed by atoms with Crippen molar-refractivity contribution in [1.29, 1.82) is 0 Å². The zero-order chi connectivity index (χ0) is 13.6. The molecule has 3 nitrogen and oxygen atoms in total. The number of rotatable bonds is 7. The molecule has 0 spiro atoms. The van der Waals surface area contributed by atoms with Crippen molar-refractivity contribution in [2.24, 2.45) is 0 Å². The first-order valence-corrected chi connectivity index (χ1v) is 6.60. The third kappa shape index (κ3) is 6.32. The smallest absolute Gasteiger partial charge is 0.365 e. The maximum Gasteiger partial charge on any atom is 0.411 e. The number of hydrogen-bond donors (Lipinski definition) is 1. The Labute approximate surface area is 108 Å². The molecule has 1 heterocycles. The molecule has 1 aromatic heterocycles. The second-order valence-electron chi connectivity index (χ2n) is 4.00. The molecule has 0 radical (unpaired) electrons. The van der Waals surface area contributed by atoms with Gasteiger partial charge in [0.2, 0.25) is 0 Å². The summed E-state index contributed by atoms with van der Waals surface area (Å²) in [5, 5.41) is 5.69. The predicted molar refractivity (Wildman–Crippen MR) is 64.7 cm³/mol. The SMILES string of the molecule is CCNC(C)Cc1csc(COCC(F)(F)F)n1. The average Bonchev–Trinajstić information content (AvgIpc) is 2.64. The van der Waals surface area contributed by atoms with E-state index in [1.165, 1.54) is 11.3 Å². The number of hydrogen-bond acceptors (Lipinski definition) is 4. The van der Waals surface area contributed by atoms with E-state index in [4.69, 9.17) is 0 Å². The highest BCUT2D eigenvalue weighted by Gasteiger charge is 2.27. The van der Waals surface area contributed by atoms with Gasteiger partial charge < -0.3 is 10.1 Å². The Balaban J connectivity index is 2.34. The van der Waals surface area contributed by atoms with Gasteiger partial charge in [-0.25, -0.2) is 4.98 Å². The number of nitrogens with zero attached hydrogens (tertiary/aromatic N) is 1. The summed E-state index contributed by atoms with van der Waals surface area (Å²) < 4.78 is 40.2. The van der Waals surface area contributed by atoms with Gasteiger partial charge in [-0.1, -0.05) is 6.92 Å². The Morgan fingerprint density at radius 3 is 2.83 bits per heavy atom. The van der Waals surface area contributed by atoms with E-state index in [0.717, 1.165) is 18.7 Å². The van der Waals surface area contributed by atoms with Gasteiger partial charge in [-0.15, -0.1) is 11.3 Å². The summed E-state index contributed by atoms with van der Waals surface area (Å²) in [7, 11) is 0. The number of nitrogens with one attached hydrogen (secondary N) is 1. The first-order valence-electron chi connectivity index (χ1n) is 5.72. The minimum absolute atomic E-state index is 0.0836. The molecule has 1 rings (SSSR count). The Kier molecular flexibility index (Phi) is 6.04. The molecule has 18 heavy (non-hydrogen) atoms. The van der Waals surface area contributed by atoms with Gasteiger partial charge in [0.15, 0.2) is 0 Å². The van der Waals surface area contributed by atoms with Crippen LogP contribution in [-0.4, -0.2) is 30.4 Å². The molecular formula is C11H17F3N2OS. The van der Waals surface area contributed by atoms with E-state index in [9.17, 15) is 13.2 Å². The van der Waals surface area contributed by atoms with E-state index in [1.54, 1.807) is 0 Å². The molecule has 1 atom stereocenters. The molecule has 1 aromatic rings. The van der Waals surface area contributed by atoms with Crippen molar-refractivity contribution >= 4 is 11.3 Å². The molecule has 1 N–H and O–H groups in total. The topological polar surface area (TPSA) is 34.1 Å². The van der Waals surface area contributed by atoms with Gasteiger partial charge in [0.25, 0.3) is 0 Å². The molecule has 0 saturated heterocycles. The van der Waals surface area contributed by atoms with Crippen molar-refractivity contribution in [2.45, 2.75) is 39.1 Å². The van der Waals surface area contributed by atoms with E-state index in [2.05, 4.69) is 15.0 Å². The minimum atomic E-state index is -4.28. The van der Waals surface area contributed by atoms with Crippen LogP contribution in [0.2, 0.25) is 0 Å². The summed E-state index contributed by atoms with van der Waals surface area (Å²) >= 11 is 1.33. The van der Waals surface area contributed by atoms with Crippen molar-refractivity contribution in [3.8, 4) is 0 Å². The standard InChI is InChI=1S/C11H17F3N2OS/c1-3-15-8(2)4-9-6-18-10(16-9)5-17-7-11(12,13)14/h6,8,15H,3-5,7H2,1-2H3. The zero-order valence-corrected chi connectivity index (χ0v) is 11.2. The summed E-state index contributed by atoms with van der Waals surface area (Å²) in [5.41, 5.74) is 0.888. The summed E-state index contributed by atoms with van der Waals surface area (Å²) in [4.78, 5) is 4.24. The quantitative estimate of drug-likeness (QED) is 0.835. The largest absolute Gasteiger partial charge is 0.411 e. The van der Waals surface area contributed by atoms with Gasteiger partial charge in [-0.2, -0.15) is 13.2 Å². The Bertz CT molecular complexity index is 354. The lowest BCUT2D eigenvalue weighted by molar-refractivity contribution is -0.176. The van der Waals surface area contributed by atoms with Crippen LogP contribution < -0.4 is 5.32 Å². The van der Waals surface area contributed by atoms with Crippen LogP contribution in [0.3, 0.4) is 0 Å². The second kappa shape index (κ2) is 7.06. The lowest BCUT2D eigenvalue weighted by Crippen LogP contribution is -2.27. The highest BCUT2D eigenvalue weighted by Crippen LogP contribution is 2.17. The Morgan fingerprint density at radius 2 is 2.22 bits per heavy atom. The average molecular weight is 282 g/mol. The third-order valence-corrected chi connectivity index (χ3v) is 3.03. The Hall–Kier alpha value is -0.660. The van der Waals surface area contributed by atoms with Gasteiger partial charge >= 0.3 is 6.18 Å². The molecular weight excluding hydrogens is 265 g/mol. The summed E-state index contributed by atoms with van der Waals surface area (Å²) in [6.45, 7) is 3.64. The number of ether oxygens (including phenoxy) is 1. The lowest BCUT2D eigenvalue weighted by atomic mass is 10.2. The molecule has 0 fully saturated rings. The molecule has 0 saturated carbocycles. The normalized spacial score (nSPS) is 13.8. The highest BCUT2D eigenvalue weighted by atomic mass is 32.1. The molecule has 0 amide bonds. The fraction of sp³-hybridized carbons (Fsp3) is 0.727. The van der Waals surface area contributed by atoms with Gasteiger partial charge in [0, 0.05) is 17.8 Å². The van der Waals surface area contributed by atoms with E-state index < -0.39 is 12.8 Å². The predicted octanol–water partition coefficient (Wildman–Crippen LogP) is 2.76. The van der Waals surface area contributed by atoms with Crippen molar-refractivity contribution in [1.82, 2.24) is 10.3 Å². The van der Waals surface area contributed by atoms with Crippen LogP contribution in [0.15, 0.2) is 5.38 Å². The fourth-order valence-corrected chi connectivity index (χ4v) is 2.24. The summed E-state index contributed by atoms with van der Waals surface area (Å²) in [6, 6.07) is 0.307. The molecule has 0 bridgehead atoms. The van der Waals surface area contributed by atoms with Crippen molar-refractivity contribution < 1.29 is 17.9 Å². The van der Waals surface area contributed by atoms with Crippen LogP contribution in [0.1, 0.15) is 24.5 Å². The van der Waals surface area contributed by atoms with E-state index >= 15 is 0 Å². The number of aromatic nitrogens is 1. The van der Waals surface area contributed by atoms with Gasteiger partial charge in [-0.05, 0) is 13.5 Å². The van der Waals surface area contributed by atoms with Gasteiger partial charge in [-0.3, -0.25) is 0 Å². The maximum absolute atomic E-state index is 11.9. The number of halogens is 3. The zero-order valence-electron chi connectivity index (χ0n) is 10.4. The Morgan fingerprint density at radius 1 is 1.50 bits per heavy atom. The number of likely N-dealkylation sites (N-methyl/N-ethyl adjacent to an activating group) is 1. The van der Waals surface area contributed by atoms with Crippen LogP contribution in [0.25, 0.3) is 0 Å². The molecule has 7 heteroatoms. The molecule has 0 aliphatic carbocycles. The fourth-order valence-electron chi connectivity index (χ4n) is 1.50. The molecule has 0 aromatic carbocycles. The first kappa shape index (κ1) is 15.4. The highest BCUT2D eigenvalue weighted by molar-refractivity contribution is 7.09. The van der Waals surface area contributed by atoms with Crippen LogP contribution in [-0.2, 0) is 17.8 Å². The second-order valence-corrected chi connectivity index (χ2v) is 4.95. The monoisotopic (exact) mass is 282 g/mol. The molecule has 0 aliphatic heterocycles. The third-order valence-electron chi connectivity index (χ3n) is 2.16. The van der Waals surface area contributed by atoms with E-state index in [0.29, 0.717) is 11.0 Å². The van der Waals surface area contributed by atoms with E-state index in [-0.39, 0.29) is 6.61 Å². The van der Waals surface area contributed by atoms with Crippen LogP contribution in [0.4, 0.5) is 13.2 Å². The van der Waals surface area contributed by atoms with Crippen LogP contribution >= 0.6 is 11.3 Å². The van der Waals surface area contributed by atoms with Gasteiger partial charge in [0.1, 0.15) is 11.6 Å². The maximum atomic E-state index is 11.9. The molecule has 1 unspecified atom stereocenters. The van der Waals surface area contributed by atoms with Crippen LogP contribution in [0, 0.1) is 0 Å².